The quantitative estimate of drug-likeness (QED) is 0.682. The van der Waals surface area contributed by atoms with E-state index >= 15 is 0 Å². The van der Waals surface area contributed by atoms with Gasteiger partial charge in [-0.1, -0.05) is 22.0 Å². The number of urea groups is 1. The molecule has 1 saturated heterocycles. The van der Waals surface area contributed by atoms with Crippen molar-refractivity contribution in [2.75, 3.05) is 25.4 Å². The fourth-order valence-corrected chi connectivity index (χ4v) is 3.19. The largest absolute Gasteiger partial charge is 0.355 e. The van der Waals surface area contributed by atoms with E-state index in [0.29, 0.717) is 5.33 Å². The Balaban J connectivity index is 2.43. The summed E-state index contributed by atoms with van der Waals surface area (Å²) in [6, 6.07) is 5.85. The van der Waals surface area contributed by atoms with Gasteiger partial charge in [0, 0.05) is 29.9 Å². The first kappa shape index (κ1) is 13.7. The molecule has 18 heavy (non-hydrogen) atoms. The van der Waals surface area contributed by atoms with Gasteiger partial charge in [-0.3, -0.25) is 0 Å². The van der Waals surface area contributed by atoms with Crippen LogP contribution in [0.4, 0.5) is 10.5 Å². The minimum absolute atomic E-state index is 0.0991. The van der Waals surface area contributed by atoms with E-state index in [1.807, 2.05) is 18.4 Å². The SMILES string of the molecule is CSc1cccc(N2NN(C)N(C)C2=O)c1CBr. The molecule has 2 amide bonds. The van der Waals surface area contributed by atoms with Gasteiger partial charge in [0.2, 0.25) is 0 Å². The normalized spacial score (nSPS) is 16.8. The Labute approximate surface area is 119 Å². The molecule has 2 rings (SSSR count). The average molecular weight is 331 g/mol. The number of benzene rings is 1. The highest BCUT2D eigenvalue weighted by molar-refractivity contribution is 9.08. The van der Waals surface area contributed by atoms with Crippen molar-refractivity contribution in [1.29, 1.82) is 0 Å². The number of anilines is 1. The number of alkyl halides is 1. The van der Waals surface area contributed by atoms with Crippen LogP contribution in [-0.4, -0.2) is 36.5 Å². The van der Waals surface area contributed by atoms with Gasteiger partial charge >= 0.3 is 6.03 Å². The molecule has 0 unspecified atom stereocenters. The predicted molar refractivity (Wildman–Crippen MR) is 77.4 cm³/mol. The summed E-state index contributed by atoms with van der Waals surface area (Å²) >= 11 is 5.16. The molecule has 0 aromatic heterocycles. The molecule has 1 fully saturated rings. The first-order chi connectivity index (χ1) is 8.60. The Morgan fingerprint density at radius 3 is 2.61 bits per heavy atom. The highest BCUT2D eigenvalue weighted by atomic mass is 79.9. The Morgan fingerprint density at radius 1 is 1.39 bits per heavy atom. The molecule has 0 radical (unpaired) electrons. The maximum absolute atomic E-state index is 12.1. The van der Waals surface area contributed by atoms with Crippen molar-refractivity contribution in [2.24, 2.45) is 0 Å². The minimum atomic E-state index is -0.0991. The van der Waals surface area contributed by atoms with E-state index < -0.39 is 0 Å². The van der Waals surface area contributed by atoms with Crippen molar-refractivity contribution >= 4 is 39.4 Å². The molecule has 0 bridgehead atoms. The molecule has 0 saturated carbocycles. The van der Waals surface area contributed by atoms with Gasteiger partial charge in [-0.15, -0.1) is 22.4 Å². The molecule has 7 heteroatoms. The highest BCUT2D eigenvalue weighted by Gasteiger charge is 2.32. The lowest BCUT2D eigenvalue weighted by atomic mass is 10.2. The third-order valence-corrected chi connectivity index (χ3v) is 4.25. The number of rotatable bonds is 3. The maximum atomic E-state index is 12.1. The molecular formula is C11H15BrN4OS. The second-order valence-corrected chi connectivity index (χ2v) is 5.27. The van der Waals surface area contributed by atoms with Gasteiger partial charge in [0.1, 0.15) is 0 Å². The molecule has 1 aromatic rings. The zero-order chi connectivity index (χ0) is 13.3. The summed E-state index contributed by atoms with van der Waals surface area (Å²) in [4.78, 5) is 13.3. The Morgan fingerprint density at radius 2 is 2.11 bits per heavy atom. The van der Waals surface area contributed by atoms with Crippen LogP contribution in [0.25, 0.3) is 0 Å². The number of halogens is 1. The van der Waals surface area contributed by atoms with E-state index in [1.165, 1.54) is 5.01 Å². The summed E-state index contributed by atoms with van der Waals surface area (Å²) in [5, 5.41) is 5.42. The lowest BCUT2D eigenvalue weighted by Crippen LogP contribution is -2.39. The number of hydrazine groups is 3. The van der Waals surface area contributed by atoms with Crippen LogP contribution < -0.4 is 10.5 Å². The summed E-state index contributed by atoms with van der Waals surface area (Å²) in [5.41, 5.74) is 4.99. The first-order valence-corrected chi connectivity index (χ1v) is 7.74. The molecule has 0 aliphatic carbocycles. The smallest absolute Gasteiger partial charge is 0.245 e. The summed E-state index contributed by atoms with van der Waals surface area (Å²) in [6.45, 7) is 0. The lowest BCUT2D eigenvalue weighted by Gasteiger charge is -2.19. The number of hydrogen-bond donors (Lipinski definition) is 1. The third kappa shape index (κ3) is 2.23. The van der Waals surface area contributed by atoms with Crippen LogP contribution in [0, 0.1) is 0 Å². The molecule has 5 nitrogen and oxygen atoms in total. The van der Waals surface area contributed by atoms with E-state index in [1.54, 1.807) is 36.0 Å². The van der Waals surface area contributed by atoms with Crippen LogP contribution in [0.1, 0.15) is 5.56 Å². The summed E-state index contributed by atoms with van der Waals surface area (Å²) in [7, 11) is 3.52. The summed E-state index contributed by atoms with van der Waals surface area (Å²) in [6.07, 6.45) is 2.03. The monoisotopic (exact) mass is 330 g/mol. The molecule has 0 atom stereocenters. The number of hydrogen-bond acceptors (Lipinski definition) is 4. The fraction of sp³-hybridized carbons (Fsp3) is 0.364. The summed E-state index contributed by atoms with van der Waals surface area (Å²) in [5.74, 6) is 0. The van der Waals surface area contributed by atoms with Crippen LogP contribution in [0.3, 0.4) is 0 Å². The molecule has 1 aromatic carbocycles. The Bertz CT molecular complexity index is 470. The van der Waals surface area contributed by atoms with Crippen LogP contribution in [0.5, 0.6) is 0 Å². The van der Waals surface area contributed by atoms with Crippen LogP contribution >= 0.6 is 27.7 Å². The minimum Gasteiger partial charge on any atom is -0.245 e. The molecule has 1 aliphatic heterocycles. The van der Waals surface area contributed by atoms with Crippen molar-refractivity contribution in [3.8, 4) is 0 Å². The third-order valence-electron chi connectivity index (χ3n) is 2.87. The van der Waals surface area contributed by atoms with Crippen molar-refractivity contribution in [3.63, 3.8) is 0 Å². The van der Waals surface area contributed by atoms with Gasteiger partial charge in [-0.05, 0) is 18.4 Å². The van der Waals surface area contributed by atoms with Crippen molar-refractivity contribution in [2.45, 2.75) is 10.2 Å². The first-order valence-electron chi connectivity index (χ1n) is 5.39. The molecule has 1 N–H and O–H groups in total. The van der Waals surface area contributed by atoms with Crippen molar-refractivity contribution in [3.05, 3.63) is 23.8 Å². The van der Waals surface area contributed by atoms with E-state index in [0.717, 1.165) is 16.1 Å². The molecule has 1 aliphatic rings. The second kappa shape index (κ2) is 5.48. The number of nitrogens with zero attached hydrogens (tertiary/aromatic N) is 3. The van der Waals surface area contributed by atoms with Crippen LogP contribution in [0.15, 0.2) is 23.1 Å². The average Bonchev–Trinajstić information content (AvgIpc) is 2.65. The zero-order valence-corrected chi connectivity index (χ0v) is 12.9. The van der Waals surface area contributed by atoms with E-state index in [4.69, 9.17) is 0 Å². The molecule has 0 spiro atoms. The van der Waals surface area contributed by atoms with E-state index in [2.05, 4.69) is 27.5 Å². The Kier molecular flexibility index (Phi) is 4.16. The van der Waals surface area contributed by atoms with Gasteiger partial charge in [0.05, 0.1) is 5.69 Å². The molecule has 1 heterocycles. The van der Waals surface area contributed by atoms with Crippen molar-refractivity contribution in [1.82, 2.24) is 15.7 Å². The molecular weight excluding hydrogens is 316 g/mol. The predicted octanol–water partition coefficient (Wildman–Crippen LogP) is 2.44. The zero-order valence-electron chi connectivity index (χ0n) is 10.5. The number of thioether (sulfide) groups is 1. The van der Waals surface area contributed by atoms with Gasteiger partial charge < -0.3 is 0 Å². The van der Waals surface area contributed by atoms with Crippen LogP contribution in [-0.2, 0) is 5.33 Å². The second-order valence-electron chi connectivity index (χ2n) is 3.86. The fourth-order valence-electron chi connectivity index (χ4n) is 1.77. The van der Waals surface area contributed by atoms with E-state index in [9.17, 15) is 4.79 Å². The molecule has 98 valence electrons. The van der Waals surface area contributed by atoms with Gasteiger partial charge in [0.15, 0.2) is 0 Å². The summed E-state index contributed by atoms with van der Waals surface area (Å²) < 4.78 is 0. The lowest BCUT2D eigenvalue weighted by molar-refractivity contribution is 0.0652. The number of carbonyl (C=O) groups excluding carboxylic acids is 1. The van der Waals surface area contributed by atoms with Crippen LogP contribution in [0.2, 0.25) is 0 Å². The van der Waals surface area contributed by atoms with Crippen molar-refractivity contribution < 1.29 is 4.79 Å². The van der Waals surface area contributed by atoms with Gasteiger partial charge in [-0.25, -0.2) is 14.8 Å². The number of amides is 2. The van der Waals surface area contributed by atoms with Gasteiger partial charge in [0.25, 0.3) is 0 Å². The standard InChI is InChI=1S/C11H15BrN4OS/c1-14-11(17)16(13-15(14)2)9-5-4-6-10(18-3)8(9)7-12/h4-6,13H,7H2,1-3H3. The maximum Gasteiger partial charge on any atom is 0.355 e. The van der Waals surface area contributed by atoms with Gasteiger partial charge in [-0.2, -0.15) is 0 Å². The van der Waals surface area contributed by atoms with E-state index in [-0.39, 0.29) is 6.03 Å². The number of carbonyl (C=O) groups is 1. The topological polar surface area (TPSA) is 38.8 Å². The highest BCUT2D eigenvalue weighted by Crippen LogP contribution is 2.32. The number of nitrogens with one attached hydrogen (secondary N) is 1. The Hall–Kier alpha value is -0.760.